The van der Waals surface area contributed by atoms with Crippen LogP contribution < -0.4 is 5.32 Å². The maximum absolute atomic E-state index is 9.69. The number of nitrogens with one attached hydrogen (secondary N) is 1. The fourth-order valence-corrected chi connectivity index (χ4v) is 3.33. The molecule has 3 unspecified atom stereocenters. The molecule has 2 N–H and O–H groups in total. The van der Waals surface area contributed by atoms with E-state index in [1.165, 1.54) is 5.56 Å². The third-order valence-electron chi connectivity index (χ3n) is 4.43. The van der Waals surface area contributed by atoms with Crippen LogP contribution in [0.3, 0.4) is 0 Å². The quantitative estimate of drug-likeness (QED) is 0.812. The maximum Gasteiger partial charge on any atom is 0.0552 e. The number of hydrogen-bond acceptors (Lipinski definition) is 3. The van der Waals surface area contributed by atoms with E-state index in [2.05, 4.69) is 29.3 Å². The van der Waals surface area contributed by atoms with Crippen molar-refractivity contribution >= 4 is 11.6 Å². The molecule has 3 nitrogen and oxygen atoms in total. The summed E-state index contributed by atoms with van der Waals surface area (Å²) >= 11 is 6.10. The van der Waals surface area contributed by atoms with Gasteiger partial charge in [0.1, 0.15) is 0 Å². The molecule has 3 atom stereocenters. The number of benzene rings is 1. The van der Waals surface area contributed by atoms with Crippen molar-refractivity contribution in [2.75, 3.05) is 26.2 Å². The summed E-state index contributed by atoms with van der Waals surface area (Å²) in [4.78, 5) is 2.46. The van der Waals surface area contributed by atoms with E-state index in [0.29, 0.717) is 12.0 Å². The Morgan fingerprint density at radius 3 is 2.90 bits per heavy atom. The lowest BCUT2D eigenvalue weighted by molar-refractivity contribution is 0.127. The molecule has 0 amide bonds. The van der Waals surface area contributed by atoms with Gasteiger partial charge in [-0.15, -0.1) is 0 Å². The highest BCUT2D eigenvalue weighted by Crippen LogP contribution is 2.24. The molecule has 0 aromatic heterocycles. The van der Waals surface area contributed by atoms with Crippen molar-refractivity contribution in [1.29, 1.82) is 0 Å². The lowest BCUT2D eigenvalue weighted by atomic mass is 10.0. The topological polar surface area (TPSA) is 35.5 Å². The summed E-state index contributed by atoms with van der Waals surface area (Å²) in [5.41, 5.74) is 1.26. The van der Waals surface area contributed by atoms with Gasteiger partial charge in [0.25, 0.3) is 0 Å². The first kappa shape index (κ1) is 16.8. The van der Waals surface area contributed by atoms with Crippen LogP contribution in [-0.4, -0.2) is 42.3 Å². The highest BCUT2D eigenvalue weighted by Gasteiger charge is 2.26. The molecule has 4 heteroatoms. The Balaban J connectivity index is 1.89. The molecule has 118 valence electrons. The first-order valence-electron chi connectivity index (χ1n) is 7.99. The van der Waals surface area contributed by atoms with Gasteiger partial charge in [-0.05, 0) is 63.0 Å². The monoisotopic (exact) mass is 310 g/mol. The summed E-state index contributed by atoms with van der Waals surface area (Å²) in [5.74, 6) is 0.439. The second kappa shape index (κ2) is 8.14. The standard InChI is InChI=1S/C17H27ClN2O/c1-3-19-17(14-5-4-6-16(18)11-14)8-10-20-9-7-15(12-20)13(2)21/h4-6,11,13,15,17,19,21H,3,7-10,12H2,1-2H3. The lowest BCUT2D eigenvalue weighted by Crippen LogP contribution is -2.29. The number of nitrogens with zero attached hydrogens (tertiary/aromatic N) is 1. The zero-order valence-electron chi connectivity index (χ0n) is 13.1. The maximum atomic E-state index is 9.69. The highest BCUT2D eigenvalue weighted by molar-refractivity contribution is 6.30. The molecule has 1 aromatic carbocycles. The van der Waals surface area contributed by atoms with Crippen molar-refractivity contribution in [3.05, 3.63) is 34.9 Å². The van der Waals surface area contributed by atoms with Crippen molar-refractivity contribution in [2.45, 2.75) is 38.8 Å². The van der Waals surface area contributed by atoms with Crippen molar-refractivity contribution in [1.82, 2.24) is 10.2 Å². The Bertz CT molecular complexity index is 439. The molecule has 0 spiro atoms. The molecule has 0 saturated carbocycles. The Morgan fingerprint density at radius 1 is 1.48 bits per heavy atom. The summed E-state index contributed by atoms with van der Waals surface area (Å²) in [6, 6.07) is 8.47. The highest BCUT2D eigenvalue weighted by atomic mass is 35.5. The Morgan fingerprint density at radius 2 is 2.29 bits per heavy atom. The minimum atomic E-state index is -0.188. The van der Waals surface area contributed by atoms with E-state index in [4.69, 9.17) is 11.6 Å². The van der Waals surface area contributed by atoms with Gasteiger partial charge in [-0.3, -0.25) is 0 Å². The van der Waals surface area contributed by atoms with Crippen molar-refractivity contribution in [3.63, 3.8) is 0 Å². The third-order valence-corrected chi connectivity index (χ3v) is 4.66. The van der Waals surface area contributed by atoms with E-state index in [1.54, 1.807) is 0 Å². The summed E-state index contributed by atoms with van der Waals surface area (Å²) in [7, 11) is 0. The van der Waals surface area contributed by atoms with Gasteiger partial charge >= 0.3 is 0 Å². The van der Waals surface area contributed by atoms with Gasteiger partial charge in [-0.25, -0.2) is 0 Å². The van der Waals surface area contributed by atoms with Crippen molar-refractivity contribution in [2.24, 2.45) is 5.92 Å². The predicted molar refractivity (Wildman–Crippen MR) is 88.7 cm³/mol. The number of hydrogen-bond donors (Lipinski definition) is 2. The Labute approximate surface area is 133 Å². The van der Waals surface area contributed by atoms with Crippen LogP contribution >= 0.6 is 11.6 Å². The van der Waals surface area contributed by atoms with E-state index >= 15 is 0 Å². The summed E-state index contributed by atoms with van der Waals surface area (Å²) in [6.07, 6.45) is 1.99. The van der Waals surface area contributed by atoms with Gasteiger partial charge in [0, 0.05) is 17.6 Å². The Kier molecular flexibility index (Phi) is 6.49. The molecular weight excluding hydrogens is 284 g/mol. The van der Waals surface area contributed by atoms with Crippen LogP contribution in [0.5, 0.6) is 0 Å². The minimum absolute atomic E-state index is 0.188. The van der Waals surface area contributed by atoms with Crippen LogP contribution in [0.4, 0.5) is 0 Å². The molecule has 1 aromatic rings. The molecule has 1 heterocycles. The zero-order valence-corrected chi connectivity index (χ0v) is 13.8. The Hall–Kier alpha value is -0.610. The third kappa shape index (κ3) is 4.96. The van der Waals surface area contributed by atoms with Crippen LogP contribution in [0.2, 0.25) is 5.02 Å². The normalized spacial score (nSPS) is 22.4. The van der Waals surface area contributed by atoms with Crippen LogP contribution in [0.25, 0.3) is 0 Å². The molecule has 1 fully saturated rings. The first-order chi connectivity index (χ1) is 10.1. The number of aliphatic hydroxyl groups excluding tert-OH is 1. The average Bonchev–Trinajstić information content (AvgIpc) is 2.92. The van der Waals surface area contributed by atoms with Crippen molar-refractivity contribution in [3.8, 4) is 0 Å². The largest absolute Gasteiger partial charge is 0.393 e. The number of aliphatic hydroxyl groups is 1. The second-order valence-electron chi connectivity index (χ2n) is 6.04. The van der Waals surface area contributed by atoms with E-state index < -0.39 is 0 Å². The second-order valence-corrected chi connectivity index (χ2v) is 6.48. The van der Waals surface area contributed by atoms with E-state index in [-0.39, 0.29) is 6.10 Å². The summed E-state index contributed by atoms with van der Waals surface area (Å²) in [6.45, 7) is 8.18. The van der Waals surface area contributed by atoms with Gasteiger partial charge in [0.2, 0.25) is 0 Å². The fraction of sp³-hybridized carbons (Fsp3) is 0.647. The minimum Gasteiger partial charge on any atom is -0.393 e. The summed E-state index contributed by atoms with van der Waals surface area (Å²) in [5, 5.41) is 14.0. The smallest absolute Gasteiger partial charge is 0.0552 e. The first-order valence-corrected chi connectivity index (χ1v) is 8.37. The fourth-order valence-electron chi connectivity index (χ4n) is 3.13. The van der Waals surface area contributed by atoms with Gasteiger partial charge in [0.15, 0.2) is 0 Å². The molecule has 0 radical (unpaired) electrons. The number of halogens is 1. The van der Waals surface area contributed by atoms with E-state index in [9.17, 15) is 5.11 Å². The van der Waals surface area contributed by atoms with Gasteiger partial charge in [-0.1, -0.05) is 30.7 Å². The van der Waals surface area contributed by atoms with Gasteiger partial charge < -0.3 is 15.3 Å². The molecule has 2 rings (SSSR count). The lowest BCUT2D eigenvalue weighted by Gasteiger charge is -2.23. The van der Waals surface area contributed by atoms with Crippen LogP contribution in [0.15, 0.2) is 24.3 Å². The number of rotatable bonds is 7. The number of likely N-dealkylation sites (tertiary alicyclic amines) is 1. The molecule has 0 bridgehead atoms. The SMILES string of the molecule is CCNC(CCN1CCC(C(C)O)C1)c1cccc(Cl)c1. The molecule has 1 aliphatic heterocycles. The average molecular weight is 311 g/mol. The van der Waals surface area contributed by atoms with E-state index in [0.717, 1.165) is 44.0 Å². The molecular formula is C17H27ClN2O. The summed E-state index contributed by atoms with van der Waals surface area (Å²) < 4.78 is 0. The van der Waals surface area contributed by atoms with E-state index in [1.807, 2.05) is 19.1 Å². The van der Waals surface area contributed by atoms with Crippen molar-refractivity contribution < 1.29 is 5.11 Å². The molecule has 1 aliphatic rings. The van der Waals surface area contributed by atoms with Crippen LogP contribution in [0, 0.1) is 5.92 Å². The predicted octanol–water partition coefficient (Wildman–Crippen LogP) is 3.08. The van der Waals surface area contributed by atoms with Gasteiger partial charge in [-0.2, -0.15) is 0 Å². The zero-order chi connectivity index (χ0) is 15.2. The van der Waals surface area contributed by atoms with Crippen LogP contribution in [0.1, 0.15) is 38.3 Å². The molecule has 0 aliphatic carbocycles. The van der Waals surface area contributed by atoms with Crippen LogP contribution in [-0.2, 0) is 0 Å². The molecule has 21 heavy (non-hydrogen) atoms. The molecule has 1 saturated heterocycles. The van der Waals surface area contributed by atoms with Gasteiger partial charge in [0.05, 0.1) is 6.10 Å².